The van der Waals surface area contributed by atoms with Crippen molar-refractivity contribution in [2.75, 3.05) is 26.4 Å². The maximum Gasteiger partial charge on any atom is 0.222 e. The highest BCUT2D eigenvalue weighted by atomic mass is 17.2. The number of hydrogen-bond acceptors (Lipinski definition) is 13. The number of aliphatic imine (C=N–C) groups is 1. The molecule has 2 aromatic carbocycles. The Labute approximate surface area is 287 Å². The molecule has 3 aromatic rings. The predicted octanol–water partition coefficient (Wildman–Crippen LogP) is 0.0209. The van der Waals surface area contributed by atoms with Crippen LogP contribution in [0, 0.1) is 6.92 Å². The molecule has 14 nitrogen and oxygen atoms in total. The first-order chi connectivity index (χ1) is 23.9. The van der Waals surface area contributed by atoms with Crippen LogP contribution in [0.1, 0.15) is 36.7 Å². The van der Waals surface area contributed by atoms with E-state index in [0.29, 0.717) is 58.7 Å². The molecule has 0 saturated heterocycles. The van der Waals surface area contributed by atoms with Crippen molar-refractivity contribution >= 4 is 22.4 Å². The van der Waals surface area contributed by atoms with Gasteiger partial charge in [0.25, 0.3) is 0 Å². The number of nitrogens with zero attached hydrogens (tertiary/aromatic N) is 1. The molecule has 6 rings (SSSR count). The highest BCUT2D eigenvalue weighted by molar-refractivity contribution is 6.07. The Morgan fingerprint density at radius 3 is 2.62 bits per heavy atom. The van der Waals surface area contributed by atoms with Crippen LogP contribution in [0.2, 0.25) is 0 Å². The van der Waals surface area contributed by atoms with E-state index in [1.165, 1.54) is 30.3 Å². The normalized spacial score (nSPS) is 24.2. The van der Waals surface area contributed by atoms with Crippen molar-refractivity contribution in [3.8, 4) is 11.5 Å². The van der Waals surface area contributed by atoms with Crippen molar-refractivity contribution in [1.29, 1.82) is 0 Å². The van der Waals surface area contributed by atoms with Gasteiger partial charge in [0.1, 0.15) is 72.2 Å². The lowest BCUT2D eigenvalue weighted by molar-refractivity contribution is -0.759. The molecule has 0 aliphatic carbocycles. The Morgan fingerprint density at radius 2 is 1.92 bits per heavy atom. The maximum atomic E-state index is 13.3. The Kier molecular flexibility index (Phi) is 10.3. The molecule has 4 heterocycles. The number of aromatic hydroxyl groups is 1. The highest BCUT2D eigenvalue weighted by Gasteiger charge is 2.48. The first kappa shape index (κ1) is 35.9. The second-order valence-electron chi connectivity index (χ2n) is 13.5. The van der Waals surface area contributed by atoms with Gasteiger partial charge in [-0.3, -0.25) is 14.7 Å². The molecule has 0 saturated carbocycles. The van der Waals surface area contributed by atoms with E-state index in [1.54, 1.807) is 26.1 Å². The van der Waals surface area contributed by atoms with Crippen LogP contribution < -0.4 is 15.1 Å². The number of phenols is 1. The van der Waals surface area contributed by atoms with Crippen molar-refractivity contribution in [3.63, 3.8) is 0 Å². The van der Waals surface area contributed by atoms with Gasteiger partial charge in [0.2, 0.25) is 11.3 Å². The van der Waals surface area contributed by atoms with Crippen LogP contribution in [-0.4, -0.2) is 103 Å². The van der Waals surface area contributed by atoms with Crippen LogP contribution in [0.5, 0.6) is 11.5 Å². The van der Waals surface area contributed by atoms with E-state index in [1.807, 2.05) is 12.3 Å². The topological polar surface area (TPSA) is 216 Å². The minimum Gasteiger partial charge on any atom is -0.508 e. The molecule has 268 valence electrons. The molecule has 50 heavy (non-hydrogen) atoms. The molecule has 3 aliphatic heterocycles. The van der Waals surface area contributed by atoms with Gasteiger partial charge in [-0.05, 0) is 56.5 Å². The molecule has 0 radical (unpaired) electrons. The minimum absolute atomic E-state index is 0.0202. The summed E-state index contributed by atoms with van der Waals surface area (Å²) in [5.74, 6) is 0.927. The molecule has 7 unspecified atom stereocenters. The molecular formula is C36H43N2O12+. The van der Waals surface area contributed by atoms with Gasteiger partial charge in [-0.1, -0.05) is 12.1 Å². The SMILES string of the molecule is Cc1cc(=O)c2cc3c(c([NH+]4C=C5C=CN=C5C4)c2o1)OC(C)(CCCO)C(OOCC(O)(Cc1ccc(O)cc1)C(O)C(O)C(O)CO)C3. The van der Waals surface area contributed by atoms with E-state index >= 15 is 0 Å². The van der Waals surface area contributed by atoms with Crippen molar-refractivity contribution < 1.29 is 59.6 Å². The lowest BCUT2D eigenvalue weighted by Gasteiger charge is -2.42. The number of allylic oxidation sites excluding steroid dienone is 1. The summed E-state index contributed by atoms with van der Waals surface area (Å²) in [5.41, 5.74) is 0.401. The van der Waals surface area contributed by atoms with Gasteiger partial charge in [0.15, 0.2) is 11.2 Å². The average Bonchev–Trinajstić information content (AvgIpc) is 3.70. The molecule has 14 heteroatoms. The van der Waals surface area contributed by atoms with E-state index < -0.39 is 48.8 Å². The Balaban J connectivity index is 1.33. The summed E-state index contributed by atoms with van der Waals surface area (Å²) in [6, 6.07) is 8.92. The molecule has 0 spiro atoms. The number of aliphatic hydroxyl groups excluding tert-OH is 5. The number of quaternary nitrogens is 1. The molecular weight excluding hydrogens is 652 g/mol. The van der Waals surface area contributed by atoms with Crippen LogP contribution in [0.15, 0.2) is 74.7 Å². The number of hydrogen-bond donors (Lipinski definition) is 8. The quantitative estimate of drug-likeness (QED) is 0.0828. The number of benzene rings is 2. The zero-order valence-corrected chi connectivity index (χ0v) is 27.8. The molecule has 1 aromatic heterocycles. The monoisotopic (exact) mass is 695 g/mol. The second kappa shape index (κ2) is 14.3. The largest absolute Gasteiger partial charge is 0.508 e. The molecule has 8 N–H and O–H groups in total. The van der Waals surface area contributed by atoms with Crippen LogP contribution in [0.3, 0.4) is 0 Å². The van der Waals surface area contributed by atoms with E-state index in [4.69, 9.17) is 18.9 Å². The molecule has 7 atom stereocenters. The summed E-state index contributed by atoms with van der Waals surface area (Å²) in [7, 11) is 0. The highest BCUT2D eigenvalue weighted by Crippen LogP contribution is 2.44. The third-order valence-corrected chi connectivity index (χ3v) is 9.65. The predicted molar refractivity (Wildman–Crippen MR) is 179 cm³/mol. The van der Waals surface area contributed by atoms with Crippen molar-refractivity contribution in [2.24, 2.45) is 4.99 Å². The number of fused-ring (bicyclic) bond motifs is 3. The first-order valence-corrected chi connectivity index (χ1v) is 16.5. The van der Waals surface area contributed by atoms with Crippen LogP contribution >= 0.6 is 0 Å². The maximum absolute atomic E-state index is 13.3. The fourth-order valence-electron chi connectivity index (χ4n) is 6.80. The summed E-state index contributed by atoms with van der Waals surface area (Å²) in [5, 5.41) is 72.5. The number of rotatable bonds is 14. The third kappa shape index (κ3) is 6.99. The van der Waals surface area contributed by atoms with E-state index in [9.17, 15) is 40.5 Å². The Hall–Kier alpha value is -3.96. The summed E-state index contributed by atoms with van der Waals surface area (Å²) in [6.45, 7) is 2.32. The van der Waals surface area contributed by atoms with Gasteiger partial charge in [-0.2, -0.15) is 0 Å². The van der Waals surface area contributed by atoms with Crippen LogP contribution in [0.4, 0.5) is 5.69 Å². The number of aliphatic hydroxyl groups is 6. The fraction of sp³-hybridized carbons (Fsp3) is 0.444. The van der Waals surface area contributed by atoms with Gasteiger partial charge in [0, 0.05) is 37.3 Å². The van der Waals surface area contributed by atoms with Gasteiger partial charge >= 0.3 is 0 Å². The zero-order valence-electron chi connectivity index (χ0n) is 27.8. The fourth-order valence-corrected chi connectivity index (χ4v) is 6.80. The van der Waals surface area contributed by atoms with Gasteiger partial charge in [0.05, 0.1) is 17.6 Å². The lowest BCUT2D eigenvalue weighted by Crippen LogP contribution is -3.01. The molecule has 0 fully saturated rings. The number of aryl methyl sites for hydroxylation is 1. The Morgan fingerprint density at radius 1 is 1.16 bits per heavy atom. The van der Waals surface area contributed by atoms with Crippen LogP contribution in [-0.2, 0) is 22.6 Å². The third-order valence-electron chi connectivity index (χ3n) is 9.65. The summed E-state index contributed by atoms with van der Waals surface area (Å²) in [6.07, 6.45) is -0.350. The first-order valence-electron chi connectivity index (χ1n) is 16.5. The van der Waals surface area contributed by atoms with Crippen LogP contribution in [0.25, 0.3) is 11.0 Å². The van der Waals surface area contributed by atoms with E-state index in [2.05, 4.69) is 4.99 Å². The van der Waals surface area contributed by atoms with Gasteiger partial charge in [-0.25, -0.2) is 9.78 Å². The summed E-state index contributed by atoms with van der Waals surface area (Å²) in [4.78, 5) is 30.2. The molecule has 0 bridgehead atoms. The van der Waals surface area contributed by atoms with Gasteiger partial charge in [-0.15, -0.1) is 0 Å². The molecule has 0 amide bonds. The number of phenolic OH excluding ortho intramolecular Hbond substituents is 1. The van der Waals surface area contributed by atoms with Crippen molar-refractivity contribution in [1.82, 2.24) is 0 Å². The van der Waals surface area contributed by atoms with E-state index in [0.717, 1.165) is 16.2 Å². The summed E-state index contributed by atoms with van der Waals surface area (Å²) < 4.78 is 13.0. The van der Waals surface area contributed by atoms with Crippen molar-refractivity contribution in [2.45, 2.75) is 75.1 Å². The summed E-state index contributed by atoms with van der Waals surface area (Å²) >= 11 is 0. The average molecular weight is 696 g/mol. The number of ether oxygens (including phenoxy) is 1. The second-order valence-corrected chi connectivity index (χ2v) is 13.5. The molecule has 3 aliphatic rings. The standard InChI is InChI=1S/C36H42N2O12/c1-20-12-27(42)25-13-23-14-29(50-47-19-36(46,34(45)31(44)28(43)18-40)15-21-4-6-24(41)7-5-21)35(2,9-3-11-39)49-32(23)30(33(25)48-20)38-16-22-8-10-37-26(22)17-38/h4-8,10,12-13,16,28-29,31,34,39-41,43-46H,3,9,11,14-15,17-19H2,1-2H3/p+1. The zero-order chi connectivity index (χ0) is 35.8. The Bertz CT molecular complexity index is 1870. The van der Waals surface area contributed by atoms with E-state index in [-0.39, 0.29) is 30.6 Å². The van der Waals surface area contributed by atoms with Crippen molar-refractivity contribution in [3.05, 3.63) is 87.6 Å². The van der Waals surface area contributed by atoms with Gasteiger partial charge < -0.3 is 44.9 Å². The minimum atomic E-state index is -2.25. The number of nitrogens with one attached hydrogen (secondary N) is 1. The lowest BCUT2D eigenvalue weighted by atomic mass is 9.85. The smallest absolute Gasteiger partial charge is 0.222 e.